The van der Waals surface area contributed by atoms with Crippen LogP contribution in [-0.4, -0.2) is 16.5 Å². The summed E-state index contributed by atoms with van der Waals surface area (Å²) < 4.78 is 5.22. The van der Waals surface area contributed by atoms with Gasteiger partial charge in [-0.05, 0) is 24.6 Å². The molecule has 0 aliphatic heterocycles. The summed E-state index contributed by atoms with van der Waals surface area (Å²) in [6, 6.07) is 5.03. The van der Waals surface area contributed by atoms with E-state index < -0.39 is 0 Å². The Morgan fingerprint density at radius 3 is 3.00 bits per heavy atom. The van der Waals surface area contributed by atoms with Gasteiger partial charge in [-0.25, -0.2) is 4.98 Å². The maximum Gasteiger partial charge on any atom is 0.251 e. The maximum atomic E-state index is 11.5. The first-order valence-electron chi connectivity index (χ1n) is 6.00. The second-order valence-electron chi connectivity index (χ2n) is 4.59. The van der Waals surface area contributed by atoms with E-state index in [-0.39, 0.29) is 5.56 Å². The van der Waals surface area contributed by atoms with Crippen LogP contribution in [0, 0.1) is 5.92 Å². The number of aromatic amines is 1. The Labute approximate surface area is 105 Å². The molecule has 0 aromatic carbocycles. The van der Waals surface area contributed by atoms with Crippen LogP contribution in [0.3, 0.4) is 0 Å². The zero-order valence-corrected chi connectivity index (χ0v) is 10.6. The van der Waals surface area contributed by atoms with Crippen LogP contribution in [0.1, 0.15) is 19.5 Å². The molecule has 2 rings (SSSR count). The van der Waals surface area contributed by atoms with Crippen LogP contribution in [0.15, 0.2) is 33.7 Å². The number of aromatic nitrogens is 2. The normalized spacial score (nSPS) is 11.1. The van der Waals surface area contributed by atoms with Crippen molar-refractivity contribution in [3.05, 3.63) is 40.5 Å². The van der Waals surface area contributed by atoms with E-state index in [4.69, 9.17) is 4.42 Å². The molecule has 2 N–H and O–H groups in total. The quantitative estimate of drug-likeness (QED) is 0.844. The molecule has 0 radical (unpaired) electrons. The zero-order chi connectivity index (χ0) is 13.0. The van der Waals surface area contributed by atoms with Gasteiger partial charge < -0.3 is 14.7 Å². The van der Waals surface area contributed by atoms with Crippen LogP contribution < -0.4 is 10.9 Å². The Hall–Kier alpha value is -1.88. The van der Waals surface area contributed by atoms with E-state index >= 15 is 0 Å². The molecular weight excluding hydrogens is 230 g/mol. The van der Waals surface area contributed by atoms with Crippen molar-refractivity contribution in [3.8, 4) is 11.6 Å². The molecule has 0 atom stereocenters. The Bertz CT molecular complexity index is 544. The van der Waals surface area contributed by atoms with Gasteiger partial charge in [-0.15, -0.1) is 0 Å². The van der Waals surface area contributed by atoms with Gasteiger partial charge in [-0.3, -0.25) is 4.79 Å². The molecule has 0 saturated heterocycles. The molecule has 0 spiro atoms. The number of hydrogen-bond acceptors (Lipinski definition) is 4. The lowest BCUT2D eigenvalue weighted by Gasteiger charge is -2.07. The van der Waals surface area contributed by atoms with Gasteiger partial charge >= 0.3 is 0 Å². The van der Waals surface area contributed by atoms with Gasteiger partial charge in [-0.2, -0.15) is 0 Å². The van der Waals surface area contributed by atoms with E-state index in [0.29, 0.717) is 29.7 Å². The molecule has 0 unspecified atom stereocenters. The van der Waals surface area contributed by atoms with Crippen LogP contribution in [0.5, 0.6) is 0 Å². The Morgan fingerprint density at radius 1 is 1.50 bits per heavy atom. The van der Waals surface area contributed by atoms with Gasteiger partial charge in [0, 0.05) is 12.6 Å². The van der Waals surface area contributed by atoms with E-state index in [1.165, 1.54) is 6.07 Å². The molecule has 5 nitrogen and oxygen atoms in total. The molecule has 18 heavy (non-hydrogen) atoms. The van der Waals surface area contributed by atoms with Crippen molar-refractivity contribution in [1.29, 1.82) is 0 Å². The highest BCUT2D eigenvalue weighted by Crippen LogP contribution is 2.13. The minimum absolute atomic E-state index is 0.169. The van der Waals surface area contributed by atoms with Crippen molar-refractivity contribution in [2.24, 2.45) is 5.92 Å². The van der Waals surface area contributed by atoms with Gasteiger partial charge in [0.05, 0.1) is 12.0 Å². The first kappa shape index (κ1) is 12.6. The number of furan rings is 1. The highest BCUT2D eigenvalue weighted by molar-refractivity contribution is 5.45. The van der Waals surface area contributed by atoms with Gasteiger partial charge in [0.15, 0.2) is 11.6 Å². The van der Waals surface area contributed by atoms with E-state index in [0.717, 1.165) is 6.54 Å². The Kier molecular flexibility index (Phi) is 3.94. The number of hydrogen-bond donors (Lipinski definition) is 2. The van der Waals surface area contributed by atoms with Gasteiger partial charge in [0.1, 0.15) is 0 Å². The molecule has 0 bridgehead atoms. The topological polar surface area (TPSA) is 70.9 Å². The maximum absolute atomic E-state index is 11.5. The Morgan fingerprint density at radius 2 is 2.33 bits per heavy atom. The van der Waals surface area contributed by atoms with Crippen molar-refractivity contribution in [2.45, 2.75) is 20.4 Å². The van der Waals surface area contributed by atoms with Crippen molar-refractivity contribution >= 4 is 0 Å². The molecule has 5 heteroatoms. The summed E-state index contributed by atoms with van der Waals surface area (Å²) in [5, 5.41) is 3.25. The fourth-order valence-electron chi connectivity index (χ4n) is 1.62. The fourth-order valence-corrected chi connectivity index (χ4v) is 1.62. The molecule has 0 aliphatic rings. The monoisotopic (exact) mass is 247 g/mol. The van der Waals surface area contributed by atoms with Crippen LogP contribution in [-0.2, 0) is 6.54 Å². The van der Waals surface area contributed by atoms with Crippen molar-refractivity contribution < 1.29 is 4.42 Å². The van der Waals surface area contributed by atoms with Crippen molar-refractivity contribution in [3.63, 3.8) is 0 Å². The molecule has 2 aromatic rings. The average Bonchev–Trinajstić information content (AvgIpc) is 2.81. The largest absolute Gasteiger partial charge is 0.461 e. The van der Waals surface area contributed by atoms with Crippen LogP contribution >= 0.6 is 0 Å². The predicted molar refractivity (Wildman–Crippen MR) is 69.1 cm³/mol. The van der Waals surface area contributed by atoms with Gasteiger partial charge in [0.25, 0.3) is 5.56 Å². The highest BCUT2D eigenvalue weighted by Gasteiger charge is 2.06. The standard InChI is InChI=1S/C13H17N3O2/c1-9(2)7-14-8-10-6-12(17)16-13(15-10)11-4-3-5-18-11/h3-6,9,14H,7-8H2,1-2H3,(H,15,16,17). The summed E-state index contributed by atoms with van der Waals surface area (Å²) in [4.78, 5) is 18.6. The summed E-state index contributed by atoms with van der Waals surface area (Å²) in [5.74, 6) is 1.60. The lowest BCUT2D eigenvalue weighted by molar-refractivity contribution is 0.546. The van der Waals surface area contributed by atoms with Gasteiger partial charge in [-0.1, -0.05) is 13.8 Å². The minimum atomic E-state index is -0.169. The van der Waals surface area contributed by atoms with Crippen molar-refractivity contribution in [2.75, 3.05) is 6.54 Å². The van der Waals surface area contributed by atoms with Gasteiger partial charge in [0.2, 0.25) is 0 Å². The van der Waals surface area contributed by atoms with Crippen LogP contribution in [0.4, 0.5) is 0 Å². The molecule has 2 aromatic heterocycles. The molecular formula is C13H17N3O2. The lowest BCUT2D eigenvalue weighted by atomic mass is 10.2. The third-order valence-electron chi connectivity index (χ3n) is 2.41. The molecule has 0 amide bonds. The molecule has 2 heterocycles. The predicted octanol–water partition coefficient (Wildman–Crippen LogP) is 1.78. The van der Waals surface area contributed by atoms with Crippen molar-refractivity contribution in [1.82, 2.24) is 15.3 Å². The van der Waals surface area contributed by atoms with E-state index in [2.05, 4.69) is 29.1 Å². The first-order valence-corrected chi connectivity index (χ1v) is 6.00. The van der Waals surface area contributed by atoms with Crippen LogP contribution in [0.2, 0.25) is 0 Å². The molecule has 96 valence electrons. The summed E-state index contributed by atoms with van der Waals surface area (Å²) >= 11 is 0. The van der Waals surface area contributed by atoms with E-state index in [1.807, 2.05) is 0 Å². The highest BCUT2D eigenvalue weighted by atomic mass is 16.3. The molecule has 0 aliphatic carbocycles. The SMILES string of the molecule is CC(C)CNCc1cc(=O)[nH]c(-c2ccco2)n1. The fraction of sp³-hybridized carbons (Fsp3) is 0.385. The summed E-state index contributed by atoms with van der Waals surface area (Å²) in [7, 11) is 0. The number of rotatable bonds is 5. The van der Waals surface area contributed by atoms with E-state index in [9.17, 15) is 4.79 Å². The smallest absolute Gasteiger partial charge is 0.251 e. The molecule has 0 fully saturated rings. The Balaban J connectivity index is 2.14. The third-order valence-corrected chi connectivity index (χ3v) is 2.41. The summed E-state index contributed by atoms with van der Waals surface area (Å²) in [5.41, 5.74) is 0.545. The summed E-state index contributed by atoms with van der Waals surface area (Å²) in [6.07, 6.45) is 1.55. The lowest BCUT2D eigenvalue weighted by Crippen LogP contribution is -2.21. The molecule has 0 saturated carbocycles. The number of nitrogens with one attached hydrogen (secondary N) is 2. The second-order valence-corrected chi connectivity index (χ2v) is 4.59. The zero-order valence-electron chi connectivity index (χ0n) is 10.6. The third kappa shape index (κ3) is 3.30. The average molecular weight is 247 g/mol. The second kappa shape index (κ2) is 5.64. The minimum Gasteiger partial charge on any atom is -0.461 e. The van der Waals surface area contributed by atoms with E-state index in [1.54, 1.807) is 18.4 Å². The number of nitrogens with zero attached hydrogens (tertiary/aromatic N) is 1. The first-order chi connectivity index (χ1) is 8.65. The number of H-pyrrole nitrogens is 1. The van der Waals surface area contributed by atoms with Crippen LogP contribution in [0.25, 0.3) is 11.6 Å². The summed E-state index contributed by atoms with van der Waals surface area (Å²) in [6.45, 7) is 5.74.